The van der Waals surface area contributed by atoms with E-state index >= 15 is 0 Å². The van der Waals surface area contributed by atoms with Crippen molar-refractivity contribution in [3.05, 3.63) is 119 Å². The second kappa shape index (κ2) is 8.05. The summed E-state index contributed by atoms with van der Waals surface area (Å²) < 4.78 is 0. The lowest BCUT2D eigenvalue weighted by molar-refractivity contribution is -0.112. The van der Waals surface area contributed by atoms with E-state index in [0.717, 1.165) is 5.56 Å². The highest BCUT2D eigenvalue weighted by molar-refractivity contribution is 5.88. The Morgan fingerprint density at radius 1 is 0.676 bits per heavy atom. The molecule has 4 aromatic carbocycles. The molecule has 2 heteroatoms. The second-order valence-electron chi connectivity index (χ2n) is 11.6. The van der Waals surface area contributed by atoms with Crippen LogP contribution in [0.25, 0.3) is 33.4 Å². The molecule has 0 aliphatic heterocycles. The molecule has 0 aromatic heterocycles. The number of allylic oxidation sites excluding steroid dienone is 2. The van der Waals surface area contributed by atoms with Crippen LogP contribution in [0.3, 0.4) is 0 Å². The van der Waals surface area contributed by atoms with Crippen LogP contribution in [0.5, 0.6) is 0 Å². The molecule has 0 spiro atoms. The second-order valence-corrected chi connectivity index (χ2v) is 11.6. The van der Waals surface area contributed by atoms with Gasteiger partial charge in [-0.25, -0.2) is 0 Å². The number of benzene rings is 4. The van der Waals surface area contributed by atoms with Crippen LogP contribution < -0.4 is 0 Å². The lowest BCUT2D eigenvalue weighted by Gasteiger charge is -2.23. The Balaban J connectivity index is 1.39. The van der Waals surface area contributed by atoms with E-state index in [0.29, 0.717) is 6.42 Å². The van der Waals surface area contributed by atoms with Gasteiger partial charge < -0.3 is 5.11 Å². The summed E-state index contributed by atoms with van der Waals surface area (Å²) in [5, 5.41) is 10.2. The summed E-state index contributed by atoms with van der Waals surface area (Å²) in [7, 11) is 0. The summed E-state index contributed by atoms with van der Waals surface area (Å²) in [6.07, 6.45) is 1.66. The molecule has 0 radical (unpaired) electrons. The number of aliphatic hydroxyl groups is 1. The fourth-order valence-electron chi connectivity index (χ4n) is 6.45. The summed E-state index contributed by atoms with van der Waals surface area (Å²) in [4.78, 5) is 11.4. The summed E-state index contributed by atoms with van der Waals surface area (Å²) in [5.74, 6) is -0.0394. The van der Waals surface area contributed by atoms with Gasteiger partial charge in [-0.05, 0) is 80.3 Å². The Morgan fingerprint density at radius 3 is 1.76 bits per heavy atom. The number of hydrogen-bond acceptors (Lipinski definition) is 2. The van der Waals surface area contributed by atoms with E-state index in [2.05, 4.69) is 107 Å². The van der Waals surface area contributed by atoms with Crippen LogP contribution in [-0.4, -0.2) is 10.9 Å². The first-order valence-corrected chi connectivity index (χ1v) is 13.0. The molecule has 0 saturated carbocycles. The molecule has 37 heavy (non-hydrogen) atoms. The highest BCUT2D eigenvalue weighted by Gasteiger charge is 2.37. The molecule has 0 saturated heterocycles. The van der Waals surface area contributed by atoms with Crippen molar-refractivity contribution in [2.75, 3.05) is 0 Å². The fraction of sp³-hybridized carbons (Fsp3) is 0.229. The van der Waals surface area contributed by atoms with Crippen LogP contribution >= 0.6 is 0 Å². The van der Waals surface area contributed by atoms with E-state index in [-0.39, 0.29) is 22.4 Å². The van der Waals surface area contributed by atoms with Crippen molar-refractivity contribution in [1.82, 2.24) is 0 Å². The van der Waals surface area contributed by atoms with Gasteiger partial charge in [0.2, 0.25) is 0 Å². The lowest BCUT2D eigenvalue weighted by atomic mass is 9.80. The smallest absolute Gasteiger partial charge is 0.155 e. The van der Waals surface area contributed by atoms with E-state index in [1.165, 1.54) is 68.6 Å². The van der Waals surface area contributed by atoms with Crippen molar-refractivity contribution >= 4 is 5.78 Å². The molecule has 0 fully saturated rings. The van der Waals surface area contributed by atoms with Crippen LogP contribution in [0, 0.1) is 0 Å². The van der Waals surface area contributed by atoms with Gasteiger partial charge >= 0.3 is 0 Å². The summed E-state index contributed by atoms with van der Waals surface area (Å²) >= 11 is 0. The molecule has 4 aromatic rings. The van der Waals surface area contributed by atoms with Crippen molar-refractivity contribution in [3.63, 3.8) is 0 Å². The third-order valence-electron chi connectivity index (χ3n) is 8.41. The SMILES string of the molecule is CC(=O)C=C(O)Cc1ccc2c(c1)C(C)(C)c1cc(-c3ccc4c(c3)C(C)(C)c3ccccc3-4)ccc1-2. The average Bonchev–Trinajstić information content (AvgIpc) is 3.23. The van der Waals surface area contributed by atoms with Crippen LogP contribution in [0.1, 0.15) is 62.4 Å². The van der Waals surface area contributed by atoms with Gasteiger partial charge in [-0.3, -0.25) is 4.79 Å². The van der Waals surface area contributed by atoms with E-state index in [1.807, 2.05) is 0 Å². The third-order valence-corrected chi connectivity index (χ3v) is 8.41. The largest absolute Gasteiger partial charge is 0.512 e. The Bertz CT molecular complexity index is 1630. The molecule has 0 unspecified atom stereocenters. The van der Waals surface area contributed by atoms with Gasteiger partial charge in [0.15, 0.2) is 5.78 Å². The normalized spacial score (nSPS) is 16.1. The van der Waals surface area contributed by atoms with Crippen molar-refractivity contribution in [2.24, 2.45) is 0 Å². The predicted octanol–water partition coefficient (Wildman–Crippen LogP) is 8.54. The lowest BCUT2D eigenvalue weighted by Crippen LogP contribution is -2.15. The predicted molar refractivity (Wildman–Crippen MR) is 152 cm³/mol. The quantitative estimate of drug-likeness (QED) is 0.233. The molecule has 0 amide bonds. The first-order chi connectivity index (χ1) is 17.6. The Kier molecular flexibility index (Phi) is 5.11. The van der Waals surface area contributed by atoms with Gasteiger partial charge in [0.05, 0.1) is 0 Å². The highest BCUT2D eigenvalue weighted by Crippen LogP contribution is 2.52. The van der Waals surface area contributed by atoms with Gasteiger partial charge in [0, 0.05) is 23.3 Å². The molecular formula is C35H32O2. The number of aliphatic hydroxyl groups excluding tert-OH is 1. The van der Waals surface area contributed by atoms with Crippen LogP contribution in [-0.2, 0) is 22.0 Å². The maximum atomic E-state index is 11.4. The third kappa shape index (κ3) is 3.58. The zero-order chi connectivity index (χ0) is 26.1. The van der Waals surface area contributed by atoms with Crippen molar-refractivity contribution in [2.45, 2.75) is 51.9 Å². The Labute approximate surface area is 219 Å². The van der Waals surface area contributed by atoms with Crippen LogP contribution in [0.4, 0.5) is 0 Å². The topological polar surface area (TPSA) is 37.3 Å². The monoisotopic (exact) mass is 484 g/mol. The van der Waals surface area contributed by atoms with Gasteiger partial charge in [-0.15, -0.1) is 0 Å². The molecule has 2 nitrogen and oxygen atoms in total. The highest BCUT2D eigenvalue weighted by atomic mass is 16.3. The standard InChI is InChI=1S/C35H32O2/c1-21(36)16-25(37)17-22-10-13-27-29-15-12-24(20-33(29)35(4,5)31(27)18-22)23-11-14-28-26-8-6-7-9-30(26)34(2,3)32(28)19-23/h6-16,18-20,37H,17H2,1-5H3. The number of hydrogen-bond donors (Lipinski definition) is 1. The molecule has 0 bridgehead atoms. The molecular weight excluding hydrogens is 452 g/mol. The van der Waals surface area contributed by atoms with E-state index in [9.17, 15) is 9.90 Å². The summed E-state index contributed by atoms with van der Waals surface area (Å²) in [6.45, 7) is 10.7. The number of carbonyl (C=O) groups is 1. The molecule has 2 aliphatic carbocycles. The van der Waals surface area contributed by atoms with Crippen molar-refractivity contribution in [3.8, 4) is 33.4 Å². The zero-order valence-electron chi connectivity index (χ0n) is 22.1. The Hall–Kier alpha value is -3.91. The first kappa shape index (κ1) is 23.5. The van der Waals surface area contributed by atoms with Crippen molar-refractivity contribution < 1.29 is 9.90 Å². The molecule has 0 heterocycles. The molecule has 6 rings (SSSR count). The van der Waals surface area contributed by atoms with E-state index < -0.39 is 0 Å². The summed E-state index contributed by atoms with van der Waals surface area (Å²) in [6, 6.07) is 29.0. The molecule has 0 atom stereocenters. The number of fused-ring (bicyclic) bond motifs is 6. The molecule has 1 N–H and O–H groups in total. The van der Waals surface area contributed by atoms with Gasteiger partial charge in [0.25, 0.3) is 0 Å². The van der Waals surface area contributed by atoms with E-state index in [1.54, 1.807) is 0 Å². The summed E-state index contributed by atoms with van der Waals surface area (Å²) in [5.41, 5.74) is 13.9. The van der Waals surface area contributed by atoms with Gasteiger partial charge in [0.1, 0.15) is 5.76 Å². The maximum absolute atomic E-state index is 11.4. The molecule has 184 valence electrons. The minimum atomic E-state index is -0.164. The Morgan fingerprint density at radius 2 is 1.16 bits per heavy atom. The number of ketones is 1. The number of carbonyl (C=O) groups excluding carboxylic acids is 1. The molecule has 2 aliphatic rings. The van der Waals surface area contributed by atoms with E-state index in [4.69, 9.17) is 0 Å². The minimum Gasteiger partial charge on any atom is -0.512 e. The minimum absolute atomic E-state index is 0.0209. The fourth-order valence-corrected chi connectivity index (χ4v) is 6.45. The van der Waals surface area contributed by atoms with Crippen LogP contribution in [0.2, 0.25) is 0 Å². The average molecular weight is 485 g/mol. The first-order valence-electron chi connectivity index (χ1n) is 13.0. The van der Waals surface area contributed by atoms with Crippen LogP contribution in [0.15, 0.2) is 90.7 Å². The number of rotatable bonds is 4. The maximum Gasteiger partial charge on any atom is 0.155 e. The van der Waals surface area contributed by atoms with Gasteiger partial charge in [-0.1, -0.05) is 94.4 Å². The zero-order valence-corrected chi connectivity index (χ0v) is 22.1. The van der Waals surface area contributed by atoms with Gasteiger partial charge in [-0.2, -0.15) is 0 Å². The van der Waals surface area contributed by atoms with Crippen molar-refractivity contribution in [1.29, 1.82) is 0 Å².